The van der Waals surface area contributed by atoms with Crippen LogP contribution in [-0.2, 0) is 13.6 Å². The molecule has 0 unspecified atom stereocenters. The Balaban J connectivity index is 1.95. The maximum Gasteiger partial charge on any atom is 0.255 e. The Morgan fingerprint density at radius 3 is 2.67 bits per heavy atom. The number of pyridine rings is 1. The molecule has 1 fully saturated rings. The minimum Gasteiger partial charge on any atom is -0.393 e. The number of aliphatic hydroxyl groups excluding tert-OH is 1. The predicted molar refractivity (Wildman–Crippen MR) is 84.4 cm³/mol. The molecule has 21 heavy (non-hydrogen) atoms. The summed E-state index contributed by atoms with van der Waals surface area (Å²) < 4.78 is 1.74. The molecule has 2 heterocycles. The van der Waals surface area contributed by atoms with Gasteiger partial charge in [-0.25, -0.2) is 0 Å². The summed E-state index contributed by atoms with van der Waals surface area (Å²) in [6.07, 6.45) is 1.42. The van der Waals surface area contributed by atoms with Crippen LogP contribution in [-0.4, -0.2) is 33.8 Å². The maximum absolute atomic E-state index is 12.5. The fraction of sp³-hybridized carbons (Fsp3) is 0.471. The number of benzene rings is 1. The van der Waals surface area contributed by atoms with Crippen LogP contribution >= 0.6 is 0 Å². The first-order chi connectivity index (χ1) is 10.0. The molecule has 1 aliphatic heterocycles. The Labute approximate surface area is 124 Å². The van der Waals surface area contributed by atoms with Crippen LogP contribution in [0.25, 0.3) is 10.9 Å². The molecule has 1 aromatic heterocycles. The topological polar surface area (TPSA) is 45.5 Å². The molecular formula is C17H22N2O2. The number of aryl methyl sites for hydroxylation is 2. The van der Waals surface area contributed by atoms with Gasteiger partial charge in [0.25, 0.3) is 5.56 Å². The summed E-state index contributed by atoms with van der Waals surface area (Å²) >= 11 is 0. The van der Waals surface area contributed by atoms with Crippen LogP contribution < -0.4 is 5.56 Å². The summed E-state index contributed by atoms with van der Waals surface area (Å²) in [7, 11) is 1.84. The molecule has 0 saturated carbocycles. The molecule has 1 saturated heterocycles. The molecule has 0 spiro atoms. The van der Waals surface area contributed by atoms with Gasteiger partial charge in [0.2, 0.25) is 0 Å². The summed E-state index contributed by atoms with van der Waals surface area (Å²) in [5.74, 6) is 0. The number of aromatic nitrogens is 1. The van der Waals surface area contributed by atoms with Gasteiger partial charge in [-0.1, -0.05) is 11.6 Å². The molecule has 1 aromatic carbocycles. The summed E-state index contributed by atoms with van der Waals surface area (Å²) in [6.45, 7) is 4.45. The Hall–Kier alpha value is -1.65. The van der Waals surface area contributed by atoms with Gasteiger partial charge in [0.05, 0.1) is 11.6 Å². The van der Waals surface area contributed by atoms with E-state index in [-0.39, 0.29) is 11.7 Å². The van der Waals surface area contributed by atoms with Gasteiger partial charge in [-0.2, -0.15) is 0 Å². The van der Waals surface area contributed by atoms with E-state index in [9.17, 15) is 9.90 Å². The number of hydrogen-bond donors (Lipinski definition) is 1. The van der Waals surface area contributed by atoms with E-state index in [2.05, 4.69) is 17.9 Å². The van der Waals surface area contributed by atoms with Crippen LogP contribution in [0.5, 0.6) is 0 Å². The molecular weight excluding hydrogens is 264 g/mol. The van der Waals surface area contributed by atoms with Crippen molar-refractivity contribution in [2.24, 2.45) is 7.05 Å². The smallest absolute Gasteiger partial charge is 0.255 e. The van der Waals surface area contributed by atoms with Crippen molar-refractivity contribution in [1.29, 1.82) is 0 Å². The van der Waals surface area contributed by atoms with Crippen molar-refractivity contribution in [1.82, 2.24) is 9.47 Å². The lowest BCUT2D eigenvalue weighted by atomic mass is 10.1. The summed E-state index contributed by atoms with van der Waals surface area (Å²) in [5, 5.41) is 10.7. The van der Waals surface area contributed by atoms with E-state index >= 15 is 0 Å². The quantitative estimate of drug-likeness (QED) is 0.915. The molecule has 0 atom stereocenters. The van der Waals surface area contributed by atoms with Gasteiger partial charge >= 0.3 is 0 Å². The average Bonchev–Trinajstić information content (AvgIpc) is 2.46. The highest BCUT2D eigenvalue weighted by atomic mass is 16.3. The zero-order valence-corrected chi connectivity index (χ0v) is 12.7. The molecule has 1 aliphatic rings. The van der Waals surface area contributed by atoms with Crippen LogP contribution in [0.2, 0.25) is 0 Å². The number of hydrogen-bond acceptors (Lipinski definition) is 3. The first-order valence-electron chi connectivity index (χ1n) is 7.54. The summed E-state index contributed by atoms with van der Waals surface area (Å²) in [6, 6.07) is 8.19. The number of nitrogens with zero attached hydrogens (tertiary/aromatic N) is 2. The van der Waals surface area contributed by atoms with Gasteiger partial charge in [-0.3, -0.25) is 9.69 Å². The fourth-order valence-corrected chi connectivity index (χ4v) is 3.10. The highest BCUT2D eigenvalue weighted by Gasteiger charge is 2.18. The van der Waals surface area contributed by atoms with Crippen molar-refractivity contribution in [2.75, 3.05) is 13.1 Å². The lowest BCUT2D eigenvalue weighted by molar-refractivity contribution is 0.0790. The Bertz CT molecular complexity index is 713. The van der Waals surface area contributed by atoms with E-state index in [1.165, 1.54) is 5.56 Å². The first-order valence-corrected chi connectivity index (χ1v) is 7.54. The minimum absolute atomic E-state index is 0.0810. The molecule has 3 rings (SSSR count). The lowest BCUT2D eigenvalue weighted by Crippen LogP contribution is -2.37. The molecule has 112 valence electrons. The summed E-state index contributed by atoms with van der Waals surface area (Å²) in [5.41, 5.74) is 3.10. The normalized spacial score (nSPS) is 17.5. The van der Waals surface area contributed by atoms with Gasteiger partial charge in [0.15, 0.2) is 0 Å². The van der Waals surface area contributed by atoms with Gasteiger partial charge in [-0.15, -0.1) is 0 Å². The minimum atomic E-state index is -0.177. The number of piperidine rings is 1. The van der Waals surface area contributed by atoms with Crippen molar-refractivity contribution in [3.63, 3.8) is 0 Å². The monoisotopic (exact) mass is 286 g/mol. The molecule has 0 radical (unpaired) electrons. The van der Waals surface area contributed by atoms with Gasteiger partial charge in [-0.05, 0) is 43.4 Å². The van der Waals surface area contributed by atoms with Crippen molar-refractivity contribution >= 4 is 10.9 Å². The second-order valence-electron chi connectivity index (χ2n) is 6.10. The van der Waals surface area contributed by atoms with Crippen molar-refractivity contribution < 1.29 is 5.11 Å². The highest BCUT2D eigenvalue weighted by Crippen LogP contribution is 2.17. The van der Waals surface area contributed by atoms with Crippen LogP contribution in [0.4, 0.5) is 0 Å². The van der Waals surface area contributed by atoms with Gasteiger partial charge in [0, 0.05) is 32.2 Å². The van der Waals surface area contributed by atoms with Gasteiger partial charge < -0.3 is 9.67 Å². The Kier molecular flexibility index (Phi) is 3.83. The SMILES string of the molecule is Cc1ccc2c(c1)cc(CN1CCC(O)CC1)c(=O)n2C. The first kappa shape index (κ1) is 14.3. The molecule has 2 aromatic rings. The van der Waals surface area contributed by atoms with Crippen LogP contribution in [0.15, 0.2) is 29.1 Å². The van der Waals surface area contributed by atoms with Gasteiger partial charge in [0.1, 0.15) is 0 Å². The Morgan fingerprint density at radius 1 is 1.24 bits per heavy atom. The third kappa shape index (κ3) is 2.87. The third-order valence-electron chi connectivity index (χ3n) is 4.40. The molecule has 4 nitrogen and oxygen atoms in total. The molecule has 1 N–H and O–H groups in total. The zero-order chi connectivity index (χ0) is 15.0. The van der Waals surface area contributed by atoms with Crippen LogP contribution in [0.1, 0.15) is 24.0 Å². The van der Waals surface area contributed by atoms with E-state index in [0.29, 0.717) is 6.54 Å². The second-order valence-corrected chi connectivity index (χ2v) is 6.10. The van der Waals surface area contributed by atoms with E-state index in [4.69, 9.17) is 0 Å². The van der Waals surface area contributed by atoms with Crippen molar-refractivity contribution in [2.45, 2.75) is 32.4 Å². The number of likely N-dealkylation sites (tertiary alicyclic amines) is 1. The van der Waals surface area contributed by atoms with Crippen LogP contribution in [0.3, 0.4) is 0 Å². The largest absolute Gasteiger partial charge is 0.393 e. The standard InChI is InChI=1S/C17H22N2O2/c1-12-3-4-16-13(9-12)10-14(17(21)18(16)2)11-19-7-5-15(20)6-8-19/h3-4,9-10,15,20H,5-8,11H2,1-2H3. The lowest BCUT2D eigenvalue weighted by Gasteiger charge is -2.29. The number of fused-ring (bicyclic) bond motifs is 1. The van der Waals surface area contributed by atoms with E-state index < -0.39 is 0 Å². The Morgan fingerprint density at radius 2 is 1.95 bits per heavy atom. The average molecular weight is 286 g/mol. The number of aliphatic hydroxyl groups is 1. The van der Waals surface area contributed by atoms with Crippen LogP contribution in [0, 0.1) is 6.92 Å². The fourth-order valence-electron chi connectivity index (χ4n) is 3.10. The predicted octanol–water partition coefficient (Wildman–Crippen LogP) is 1.80. The van der Waals surface area contributed by atoms with E-state index in [1.807, 2.05) is 25.2 Å². The molecule has 0 bridgehead atoms. The van der Waals surface area contributed by atoms with E-state index in [0.717, 1.165) is 42.4 Å². The van der Waals surface area contributed by atoms with Crippen molar-refractivity contribution in [3.05, 3.63) is 45.7 Å². The molecule has 4 heteroatoms. The highest BCUT2D eigenvalue weighted by molar-refractivity contribution is 5.80. The third-order valence-corrected chi connectivity index (χ3v) is 4.40. The molecule has 0 aliphatic carbocycles. The van der Waals surface area contributed by atoms with E-state index in [1.54, 1.807) is 4.57 Å². The maximum atomic E-state index is 12.5. The number of rotatable bonds is 2. The zero-order valence-electron chi connectivity index (χ0n) is 12.7. The summed E-state index contributed by atoms with van der Waals surface area (Å²) in [4.78, 5) is 14.7. The molecule has 0 amide bonds. The van der Waals surface area contributed by atoms with Crippen molar-refractivity contribution in [3.8, 4) is 0 Å². The second kappa shape index (κ2) is 5.62.